The number of fused-ring (bicyclic) bond motifs is 1. The summed E-state index contributed by atoms with van der Waals surface area (Å²) in [6.45, 7) is 8.37. The van der Waals surface area contributed by atoms with Gasteiger partial charge in [0.05, 0.1) is 25.4 Å². The molecule has 29 heavy (non-hydrogen) atoms. The molecule has 7 heteroatoms. The lowest BCUT2D eigenvalue weighted by Crippen LogP contribution is -2.50. The second kappa shape index (κ2) is 11.5. The summed E-state index contributed by atoms with van der Waals surface area (Å²) in [4.78, 5) is 11.8. The zero-order valence-electron chi connectivity index (χ0n) is 18.2. The highest BCUT2D eigenvalue weighted by Crippen LogP contribution is 2.24. The second-order valence-electron chi connectivity index (χ2n) is 7.96. The lowest BCUT2D eigenvalue weighted by Gasteiger charge is -2.36. The van der Waals surface area contributed by atoms with Gasteiger partial charge in [0.1, 0.15) is 0 Å². The van der Waals surface area contributed by atoms with E-state index in [0.717, 1.165) is 71.4 Å². The van der Waals surface area contributed by atoms with Crippen molar-refractivity contribution in [2.75, 3.05) is 73.7 Å². The summed E-state index contributed by atoms with van der Waals surface area (Å²) in [6, 6.07) is 11.2. The number of morpholine rings is 1. The van der Waals surface area contributed by atoms with Crippen molar-refractivity contribution in [2.24, 2.45) is 4.99 Å². The number of guanidine groups is 1. The smallest absolute Gasteiger partial charge is 0.193 e. The summed E-state index contributed by atoms with van der Waals surface area (Å²) in [5, 5.41) is 3.54. The van der Waals surface area contributed by atoms with Crippen LogP contribution >= 0.6 is 0 Å². The number of ether oxygens (including phenoxy) is 2. The molecule has 2 atom stereocenters. The molecule has 7 nitrogen and oxygen atoms in total. The zero-order valence-corrected chi connectivity index (χ0v) is 18.2. The van der Waals surface area contributed by atoms with Gasteiger partial charge in [-0.15, -0.1) is 0 Å². The van der Waals surface area contributed by atoms with Crippen molar-refractivity contribution in [1.82, 2.24) is 20.0 Å². The number of likely N-dealkylation sites (N-methyl/N-ethyl adjacent to an activating group) is 1. The first-order valence-electron chi connectivity index (χ1n) is 10.7. The number of nitrogens with one attached hydrogen (secondary N) is 1. The van der Waals surface area contributed by atoms with Crippen LogP contribution in [-0.4, -0.2) is 106 Å². The summed E-state index contributed by atoms with van der Waals surface area (Å²) in [5.41, 5.74) is 1.37. The van der Waals surface area contributed by atoms with E-state index in [0.29, 0.717) is 6.04 Å². The number of aliphatic imine (C=N–C) groups is 1. The van der Waals surface area contributed by atoms with E-state index in [2.05, 4.69) is 62.4 Å². The Kier molecular flexibility index (Phi) is 8.73. The van der Waals surface area contributed by atoms with Gasteiger partial charge in [-0.2, -0.15) is 0 Å². The first-order chi connectivity index (χ1) is 14.2. The van der Waals surface area contributed by atoms with Gasteiger partial charge in [-0.25, -0.2) is 0 Å². The van der Waals surface area contributed by atoms with Gasteiger partial charge in [0, 0.05) is 53.4 Å². The predicted molar refractivity (Wildman–Crippen MR) is 117 cm³/mol. The van der Waals surface area contributed by atoms with E-state index in [4.69, 9.17) is 9.47 Å². The van der Waals surface area contributed by atoms with Gasteiger partial charge in [-0.3, -0.25) is 9.89 Å². The number of nitrogens with zero attached hydrogens (tertiary/aromatic N) is 4. The molecular formula is C22H37N5O2. The molecule has 3 rings (SSSR count). The van der Waals surface area contributed by atoms with E-state index in [1.165, 1.54) is 5.56 Å². The molecule has 2 unspecified atom stereocenters. The highest BCUT2D eigenvalue weighted by molar-refractivity contribution is 5.80. The standard InChI is InChI=1S/C22H37N5O2/c1-23-22(24-10-7-11-25(2)12-14-28-3)27-17-20-21(18-27)29-15-13-26(20)16-19-8-5-4-6-9-19/h4-6,8-9,20-21H,7,10-18H2,1-3H3,(H,23,24). The molecule has 2 aliphatic rings. The van der Waals surface area contributed by atoms with Crippen LogP contribution in [0.1, 0.15) is 12.0 Å². The summed E-state index contributed by atoms with van der Waals surface area (Å²) in [5.74, 6) is 0.988. The summed E-state index contributed by atoms with van der Waals surface area (Å²) in [7, 11) is 5.76. The van der Waals surface area contributed by atoms with Gasteiger partial charge in [0.15, 0.2) is 5.96 Å². The van der Waals surface area contributed by atoms with Crippen LogP contribution in [-0.2, 0) is 16.0 Å². The van der Waals surface area contributed by atoms with Crippen LogP contribution in [0, 0.1) is 0 Å². The van der Waals surface area contributed by atoms with Crippen molar-refractivity contribution in [2.45, 2.75) is 25.1 Å². The maximum absolute atomic E-state index is 6.10. The molecule has 162 valence electrons. The molecule has 0 spiro atoms. The Bertz CT molecular complexity index is 627. The molecule has 0 amide bonds. The van der Waals surface area contributed by atoms with Crippen LogP contribution in [0.4, 0.5) is 0 Å². The maximum atomic E-state index is 6.10. The lowest BCUT2D eigenvalue weighted by molar-refractivity contribution is -0.0502. The number of benzene rings is 1. The monoisotopic (exact) mass is 403 g/mol. The minimum atomic E-state index is 0.256. The number of hydrogen-bond acceptors (Lipinski definition) is 5. The third-order valence-corrected chi connectivity index (χ3v) is 5.83. The van der Waals surface area contributed by atoms with Crippen molar-refractivity contribution >= 4 is 5.96 Å². The maximum Gasteiger partial charge on any atom is 0.193 e. The summed E-state index contributed by atoms with van der Waals surface area (Å²) < 4.78 is 11.2. The van der Waals surface area contributed by atoms with Gasteiger partial charge in [-0.1, -0.05) is 30.3 Å². The zero-order chi connectivity index (χ0) is 20.5. The third-order valence-electron chi connectivity index (χ3n) is 5.83. The van der Waals surface area contributed by atoms with Crippen LogP contribution in [0.5, 0.6) is 0 Å². The molecule has 0 aliphatic carbocycles. The average molecular weight is 404 g/mol. The molecular weight excluding hydrogens is 366 g/mol. The average Bonchev–Trinajstić information content (AvgIpc) is 3.18. The Balaban J connectivity index is 1.47. The molecule has 1 N–H and O–H groups in total. The molecule has 0 saturated carbocycles. The number of hydrogen-bond donors (Lipinski definition) is 1. The lowest BCUT2D eigenvalue weighted by atomic mass is 10.1. The molecule has 0 radical (unpaired) electrons. The Morgan fingerprint density at radius 3 is 2.86 bits per heavy atom. The van der Waals surface area contributed by atoms with Crippen molar-refractivity contribution < 1.29 is 9.47 Å². The molecule has 0 aromatic heterocycles. The van der Waals surface area contributed by atoms with Crippen LogP contribution in [0.2, 0.25) is 0 Å². The number of likely N-dealkylation sites (tertiary alicyclic amines) is 1. The fourth-order valence-corrected chi connectivity index (χ4v) is 4.19. The van der Waals surface area contributed by atoms with Crippen molar-refractivity contribution in [1.29, 1.82) is 0 Å². The Morgan fingerprint density at radius 2 is 2.10 bits per heavy atom. The number of rotatable bonds is 9. The largest absolute Gasteiger partial charge is 0.383 e. The minimum Gasteiger partial charge on any atom is -0.383 e. The van der Waals surface area contributed by atoms with Crippen molar-refractivity contribution in [3.63, 3.8) is 0 Å². The number of methoxy groups -OCH3 is 1. The fourth-order valence-electron chi connectivity index (χ4n) is 4.19. The predicted octanol–water partition coefficient (Wildman–Crippen LogP) is 1.12. The Hall–Kier alpha value is -1.67. The van der Waals surface area contributed by atoms with Crippen LogP contribution in [0.25, 0.3) is 0 Å². The first kappa shape index (κ1) is 22.0. The molecule has 0 bridgehead atoms. The summed E-state index contributed by atoms with van der Waals surface area (Å²) >= 11 is 0. The SMILES string of the molecule is CN=C(NCCCN(C)CCOC)N1CC2OCCN(Cc3ccccc3)C2C1. The fraction of sp³-hybridized carbons (Fsp3) is 0.682. The van der Waals surface area contributed by atoms with E-state index in [9.17, 15) is 0 Å². The van der Waals surface area contributed by atoms with Gasteiger partial charge in [0.25, 0.3) is 0 Å². The van der Waals surface area contributed by atoms with E-state index in [1.54, 1.807) is 7.11 Å². The van der Waals surface area contributed by atoms with E-state index in [-0.39, 0.29) is 6.10 Å². The topological polar surface area (TPSA) is 52.6 Å². The van der Waals surface area contributed by atoms with E-state index in [1.807, 2.05) is 7.05 Å². The summed E-state index contributed by atoms with van der Waals surface area (Å²) in [6.07, 6.45) is 1.34. The minimum absolute atomic E-state index is 0.256. The molecule has 2 saturated heterocycles. The van der Waals surface area contributed by atoms with Crippen molar-refractivity contribution in [3.05, 3.63) is 35.9 Å². The van der Waals surface area contributed by atoms with Crippen LogP contribution in [0.15, 0.2) is 35.3 Å². The van der Waals surface area contributed by atoms with Crippen LogP contribution in [0.3, 0.4) is 0 Å². The van der Waals surface area contributed by atoms with Crippen LogP contribution < -0.4 is 5.32 Å². The first-order valence-corrected chi connectivity index (χ1v) is 10.7. The Labute approximate surface area is 175 Å². The molecule has 1 aromatic rings. The second-order valence-corrected chi connectivity index (χ2v) is 7.96. The normalized spacial score (nSPS) is 22.9. The molecule has 1 aromatic carbocycles. The van der Waals surface area contributed by atoms with Gasteiger partial charge >= 0.3 is 0 Å². The van der Waals surface area contributed by atoms with E-state index < -0.39 is 0 Å². The highest BCUT2D eigenvalue weighted by atomic mass is 16.5. The van der Waals surface area contributed by atoms with Crippen molar-refractivity contribution in [3.8, 4) is 0 Å². The molecule has 2 fully saturated rings. The van der Waals surface area contributed by atoms with E-state index >= 15 is 0 Å². The molecule has 2 aliphatic heterocycles. The third kappa shape index (κ3) is 6.40. The van der Waals surface area contributed by atoms with Gasteiger partial charge in [-0.05, 0) is 25.6 Å². The van der Waals surface area contributed by atoms with Gasteiger partial charge < -0.3 is 24.6 Å². The Morgan fingerprint density at radius 1 is 1.28 bits per heavy atom. The highest BCUT2D eigenvalue weighted by Gasteiger charge is 2.41. The quantitative estimate of drug-likeness (QED) is 0.379. The van der Waals surface area contributed by atoms with Gasteiger partial charge in [0.2, 0.25) is 0 Å². The molecule has 2 heterocycles.